The van der Waals surface area contributed by atoms with E-state index in [2.05, 4.69) is 5.32 Å². The minimum absolute atomic E-state index is 0.0294. The first-order valence-electron chi connectivity index (χ1n) is 9.59. The lowest BCUT2D eigenvalue weighted by Gasteiger charge is -2.26. The van der Waals surface area contributed by atoms with E-state index in [4.69, 9.17) is 16.3 Å². The van der Waals surface area contributed by atoms with Crippen LogP contribution in [-0.2, 0) is 14.8 Å². The summed E-state index contributed by atoms with van der Waals surface area (Å²) >= 11 is 6.11. The van der Waals surface area contributed by atoms with Gasteiger partial charge in [0.2, 0.25) is 5.91 Å². The fourth-order valence-electron chi connectivity index (χ4n) is 3.02. The maximum atomic E-state index is 13.5. The summed E-state index contributed by atoms with van der Waals surface area (Å²) in [6, 6.07) is 15.9. The summed E-state index contributed by atoms with van der Waals surface area (Å²) in [6.45, 7) is 1.19. The molecule has 0 bridgehead atoms. The van der Waals surface area contributed by atoms with Gasteiger partial charge >= 0.3 is 0 Å². The summed E-state index contributed by atoms with van der Waals surface area (Å²) in [7, 11) is -2.84. The van der Waals surface area contributed by atoms with Gasteiger partial charge in [-0.3, -0.25) is 19.2 Å². The third-order valence-electron chi connectivity index (χ3n) is 4.65. The minimum Gasteiger partial charge on any atom is -0.495 e. The number of nitrogens with zero attached hydrogens (tertiary/aromatic N) is 2. The van der Waals surface area contributed by atoms with Gasteiger partial charge in [-0.05, 0) is 43.3 Å². The molecule has 0 spiro atoms. The molecule has 0 aliphatic carbocycles. The number of anilines is 2. The average Bonchev–Trinajstić information content (AvgIpc) is 2.77. The Hall–Kier alpha value is -3.63. The largest absolute Gasteiger partial charge is 0.495 e. The molecule has 0 saturated heterocycles. The first kappa shape index (κ1) is 24.0. The smallest absolute Gasteiger partial charge is 0.271 e. The van der Waals surface area contributed by atoms with Crippen LogP contribution in [0.3, 0.4) is 0 Å². The van der Waals surface area contributed by atoms with Crippen molar-refractivity contribution in [3.8, 4) is 5.75 Å². The number of benzene rings is 3. The Balaban J connectivity index is 2.01. The molecule has 3 aromatic rings. The summed E-state index contributed by atoms with van der Waals surface area (Å²) in [4.78, 5) is 23.2. The van der Waals surface area contributed by atoms with Gasteiger partial charge < -0.3 is 10.1 Å². The van der Waals surface area contributed by atoms with E-state index in [1.807, 2.05) is 6.92 Å². The standard InChI is InChI=1S/C22H20ClN3O6S/c1-15-6-9-19(10-7-15)33(30,31)25(20-12-16(23)8-11-21(20)32-2)14-22(27)24-17-4-3-5-18(13-17)26(28)29/h3-13H,14H2,1-2H3,(H,24,27). The third kappa shape index (κ3) is 5.60. The number of amides is 1. The molecule has 1 amide bonds. The third-order valence-corrected chi connectivity index (χ3v) is 6.66. The topological polar surface area (TPSA) is 119 Å². The fourth-order valence-corrected chi connectivity index (χ4v) is 4.61. The van der Waals surface area contributed by atoms with Crippen LogP contribution in [0.5, 0.6) is 5.75 Å². The van der Waals surface area contributed by atoms with Crippen molar-refractivity contribution in [2.45, 2.75) is 11.8 Å². The molecule has 0 aliphatic rings. The highest BCUT2D eigenvalue weighted by molar-refractivity contribution is 7.92. The number of carbonyl (C=O) groups is 1. The molecule has 3 rings (SSSR count). The highest BCUT2D eigenvalue weighted by atomic mass is 35.5. The molecule has 0 atom stereocenters. The van der Waals surface area contributed by atoms with E-state index in [9.17, 15) is 23.3 Å². The van der Waals surface area contributed by atoms with Crippen molar-refractivity contribution < 1.29 is 22.9 Å². The molecule has 0 saturated carbocycles. The Bertz CT molecular complexity index is 1300. The monoisotopic (exact) mass is 489 g/mol. The molecule has 0 fully saturated rings. The number of nitrogens with one attached hydrogen (secondary N) is 1. The number of aryl methyl sites for hydroxylation is 1. The molecule has 33 heavy (non-hydrogen) atoms. The second-order valence-corrected chi connectivity index (χ2v) is 9.30. The van der Waals surface area contributed by atoms with Gasteiger partial charge in [-0.2, -0.15) is 0 Å². The number of ether oxygens (including phenoxy) is 1. The van der Waals surface area contributed by atoms with E-state index in [1.54, 1.807) is 12.1 Å². The zero-order valence-electron chi connectivity index (χ0n) is 17.7. The number of methoxy groups -OCH3 is 1. The van der Waals surface area contributed by atoms with Gasteiger partial charge in [0.25, 0.3) is 15.7 Å². The van der Waals surface area contributed by atoms with Crippen molar-refractivity contribution in [2.75, 3.05) is 23.3 Å². The molecule has 3 aromatic carbocycles. The Kier molecular flexibility index (Phi) is 7.19. The molecule has 1 N–H and O–H groups in total. The highest BCUT2D eigenvalue weighted by Gasteiger charge is 2.30. The predicted molar refractivity (Wildman–Crippen MR) is 125 cm³/mol. The van der Waals surface area contributed by atoms with E-state index in [-0.39, 0.29) is 32.7 Å². The second-order valence-electron chi connectivity index (χ2n) is 7.00. The second kappa shape index (κ2) is 9.88. The summed E-state index contributed by atoms with van der Waals surface area (Å²) in [6.07, 6.45) is 0. The zero-order chi connectivity index (χ0) is 24.2. The van der Waals surface area contributed by atoms with Crippen molar-refractivity contribution in [3.05, 3.63) is 87.4 Å². The number of carbonyl (C=O) groups excluding carboxylic acids is 1. The van der Waals surface area contributed by atoms with Crippen LogP contribution in [0.25, 0.3) is 0 Å². The molecule has 0 aromatic heterocycles. The molecule has 0 radical (unpaired) electrons. The number of nitro benzene ring substituents is 1. The lowest BCUT2D eigenvalue weighted by atomic mass is 10.2. The van der Waals surface area contributed by atoms with Crippen LogP contribution in [0.4, 0.5) is 17.1 Å². The summed E-state index contributed by atoms with van der Waals surface area (Å²) < 4.78 is 33.2. The van der Waals surface area contributed by atoms with E-state index >= 15 is 0 Å². The summed E-state index contributed by atoms with van der Waals surface area (Å²) in [5.41, 5.74) is 0.873. The van der Waals surface area contributed by atoms with Gasteiger partial charge in [-0.15, -0.1) is 0 Å². The van der Waals surface area contributed by atoms with Crippen molar-refractivity contribution in [1.82, 2.24) is 0 Å². The quantitative estimate of drug-likeness (QED) is 0.370. The van der Waals surface area contributed by atoms with Crippen LogP contribution in [0.15, 0.2) is 71.6 Å². The van der Waals surface area contributed by atoms with Crippen LogP contribution in [0, 0.1) is 17.0 Å². The van der Waals surface area contributed by atoms with Gasteiger partial charge in [0.1, 0.15) is 12.3 Å². The Morgan fingerprint density at radius 2 is 1.82 bits per heavy atom. The zero-order valence-corrected chi connectivity index (χ0v) is 19.3. The number of halogens is 1. The van der Waals surface area contributed by atoms with Crippen LogP contribution in [-0.4, -0.2) is 32.9 Å². The normalized spacial score (nSPS) is 11.0. The van der Waals surface area contributed by atoms with E-state index in [1.165, 1.54) is 61.7 Å². The van der Waals surface area contributed by atoms with Crippen molar-refractivity contribution >= 4 is 44.6 Å². The number of hydrogen-bond acceptors (Lipinski definition) is 6. The van der Waals surface area contributed by atoms with Crippen molar-refractivity contribution in [2.24, 2.45) is 0 Å². The van der Waals surface area contributed by atoms with E-state index in [0.717, 1.165) is 9.87 Å². The lowest BCUT2D eigenvalue weighted by molar-refractivity contribution is -0.384. The molecular formula is C22H20ClN3O6S. The SMILES string of the molecule is COc1ccc(Cl)cc1N(CC(=O)Nc1cccc([N+](=O)[O-])c1)S(=O)(=O)c1ccc(C)cc1. The molecular weight excluding hydrogens is 470 g/mol. The molecule has 0 heterocycles. The number of nitro groups is 1. The molecule has 9 nitrogen and oxygen atoms in total. The van der Waals surface area contributed by atoms with Crippen molar-refractivity contribution in [3.63, 3.8) is 0 Å². The van der Waals surface area contributed by atoms with Crippen LogP contribution in [0.1, 0.15) is 5.56 Å². The number of hydrogen-bond donors (Lipinski definition) is 1. The van der Waals surface area contributed by atoms with E-state index in [0.29, 0.717) is 0 Å². The minimum atomic E-state index is -4.20. The molecule has 0 unspecified atom stereocenters. The Morgan fingerprint density at radius 1 is 1.12 bits per heavy atom. The van der Waals surface area contributed by atoms with Crippen LogP contribution in [0.2, 0.25) is 5.02 Å². The van der Waals surface area contributed by atoms with E-state index < -0.39 is 27.4 Å². The number of sulfonamides is 1. The summed E-state index contributed by atoms with van der Waals surface area (Å²) in [5.74, 6) is -0.522. The first-order valence-corrected chi connectivity index (χ1v) is 11.4. The fraction of sp³-hybridized carbons (Fsp3) is 0.136. The van der Waals surface area contributed by atoms with Gasteiger partial charge in [-0.25, -0.2) is 8.42 Å². The summed E-state index contributed by atoms with van der Waals surface area (Å²) in [5, 5.41) is 13.7. The Morgan fingerprint density at radius 3 is 2.45 bits per heavy atom. The van der Waals surface area contributed by atoms with Gasteiger partial charge in [-0.1, -0.05) is 35.4 Å². The van der Waals surface area contributed by atoms with Crippen LogP contribution >= 0.6 is 11.6 Å². The van der Waals surface area contributed by atoms with Gasteiger partial charge in [0.05, 0.1) is 22.6 Å². The number of non-ortho nitro benzene ring substituents is 1. The van der Waals surface area contributed by atoms with Gasteiger partial charge in [0, 0.05) is 22.8 Å². The molecule has 11 heteroatoms. The molecule has 0 aliphatic heterocycles. The Labute approximate surface area is 195 Å². The highest BCUT2D eigenvalue weighted by Crippen LogP contribution is 2.35. The molecule has 172 valence electrons. The maximum Gasteiger partial charge on any atom is 0.271 e. The number of rotatable bonds is 8. The van der Waals surface area contributed by atoms with Gasteiger partial charge in [0.15, 0.2) is 0 Å². The lowest BCUT2D eigenvalue weighted by Crippen LogP contribution is -2.38. The maximum absolute atomic E-state index is 13.5. The van der Waals surface area contributed by atoms with Crippen LogP contribution < -0.4 is 14.4 Å². The predicted octanol–water partition coefficient (Wildman–Crippen LogP) is 4.40. The first-order chi connectivity index (χ1) is 15.6. The average molecular weight is 490 g/mol. The van der Waals surface area contributed by atoms with Crippen molar-refractivity contribution in [1.29, 1.82) is 0 Å².